The lowest BCUT2D eigenvalue weighted by molar-refractivity contribution is -0.188. The summed E-state index contributed by atoms with van der Waals surface area (Å²) in [6, 6.07) is 0. The molecular formula is C6H8O5. The number of carbonyl (C=O) groups is 1. The zero-order chi connectivity index (χ0) is 8.01. The molecular weight excluding hydrogens is 152 g/mol. The van der Waals surface area contributed by atoms with E-state index in [4.69, 9.17) is 19.7 Å². The van der Waals surface area contributed by atoms with E-state index in [0.29, 0.717) is 0 Å². The Bertz CT molecular complexity index is 173. The molecule has 0 aromatic rings. The minimum absolute atomic E-state index is 0.175. The quantitative estimate of drug-likeness (QED) is 0.430. The van der Waals surface area contributed by atoms with Crippen LogP contribution in [0.3, 0.4) is 0 Å². The summed E-state index contributed by atoms with van der Waals surface area (Å²) in [4.78, 5) is 10.9. The van der Waals surface area contributed by atoms with Gasteiger partial charge in [-0.05, 0) is 0 Å². The Morgan fingerprint density at radius 1 is 1.36 bits per heavy atom. The van der Waals surface area contributed by atoms with E-state index in [-0.39, 0.29) is 6.61 Å². The first-order chi connectivity index (χ1) is 5.20. The van der Waals surface area contributed by atoms with Gasteiger partial charge in [-0.3, -0.25) is 4.79 Å². The molecule has 0 spiro atoms. The maximum absolute atomic E-state index is 10.9. The van der Waals surface area contributed by atoms with Gasteiger partial charge in [0.15, 0.2) is 18.2 Å². The van der Waals surface area contributed by atoms with E-state index in [9.17, 15) is 4.79 Å². The van der Waals surface area contributed by atoms with Crippen LogP contribution in [0.15, 0.2) is 0 Å². The van der Waals surface area contributed by atoms with Gasteiger partial charge in [-0.2, -0.15) is 0 Å². The Morgan fingerprint density at radius 2 is 2.09 bits per heavy atom. The third-order valence-corrected chi connectivity index (χ3v) is 1.93. The van der Waals surface area contributed by atoms with Gasteiger partial charge in [-0.1, -0.05) is 0 Å². The molecule has 2 saturated heterocycles. The van der Waals surface area contributed by atoms with Crippen LogP contribution >= 0.6 is 0 Å². The number of ether oxygens (including phenoxy) is 2. The largest absolute Gasteiger partial charge is 0.382 e. The Labute approximate surface area is 62.5 Å². The van der Waals surface area contributed by atoms with Crippen molar-refractivity contribution in [2.45, 2.75) is 24.6 Å². The summed E-state index contributed by atoms with van der Waals surface area (Å²) < 4.78 is 9.83. The number of rotatable bonds is 0. The molecule has 2 aliphatic rings. The van der Waals surface area contributed by atoms with Crippen LogP contribution in [0, 0.1) is 0 Å². The number of hydrogen-bond acceptors (Lipinski definition) is 5. The van der Waals surface area contributed by atoms with Crippen LogP contribution in [-0.4, -0.2) is 47.2 Å². The monoisotopic (exact) mass is 160 g/mol. The number of carbonyl (C=O) groups excluding carboxylic acids is 1. The number of aliphatic hydroxyl groups is 2. The normalized spacial score (nSPS) is 49.8. The van der Waals surface area contributed by atoms with Gasteiger partial charge in [0.05, 0.1) is 6.61 Å². The molecule has 5 nitrogen and oxygen atoms in total. The second kappa shape index (κ2) is 2.25. The van der Waals surface area contributed by atoms with E-state index in [1.54, 1.807) is 0 Å². The minimum atomic E-state index is -1.33. The standard InChI is InChI=1S/C6H8O5/c7-3-2-1-10-6(11-2)5(9)4(3)8/h2-3,5-7,9H,1H2/t2-,3-,5+,6+/m1/s1. The van der Waals surface area contributed by atoms with Gasteiger partial charge in [-0.15, -0.1) is 0 Å². The molecule has 0 unspecified atom stereocenters. The van der Waals surface area contributed by atoms with Crippen molar-refractivity contribution in [3.05, 3.63) is 0 Å². The fourth-order valence-corrected chi connectivity index (χ4v) is 1.26. The number of aliphatic hydroxyl groups excluding tert-OH is 2. The molecule has 0 aromatic carbocycles. The molecule has 0 saturated carbocycles. The van der Waals surface area contributed by atoms with Crippen LogP contribution in [0.4, 0.5) is 0 Å². The summed E-state index contributed by atoms with van der Waals surface area (Å²) >= 11 is 0. The highest BCUT2D eigenvalue weighted by Crippen LogP contribution is 2.24. The van der Waals surface area contributed by atoms with E-state index in [0.717, 1.165) is 0 Å². The lowest BCUT2D eigenvalue weighted by Gasteiger charge is -2.25. The number of fused-ring (bicyclic) bond motifs is 2. The first kappa shape index (κ1) is 7.17. The summed E-state index contributed by atoms with van der Waals surface area (Å²) in [6.07, 6.45) is -4.01. The Morgan fingerprint density at radius 3 is 2.82 bits per heavy atom. The summed E-state index contributed by atoms with van der Waals surface area (Å²) in [5.74, 6) is -0.608. The molecule has 62 valence electrons. The topological polar surface area (TPSA) is 76.0 Å². The molecule has 11 heavy (non-hydrogen) atoms. The van der Waals surface area contributed by atoms with Gasteiger partial charge < -0.3 is 19.7 Å². The lowest BCUT2D eigenvalue weighted by atomic mass is 10.0. The molecule has 0 aliphatic carbocycles. The minimum Gasteiger partial charge on any atom is -0.382 e. The Balaban J connectivity index is 2.23. The molecule has 2 rings (SSSR count). The second-order valence-corrected chi connectivity index (χ2v) is 2.67. The van der Waals surface area contributed by atoms with E-state index in [1.807, 2.05) is 0 Å². The summed E-state index contributed by atoms with van der Waals surface area (Å²) in [6.45, 7) is 0.175. The van der Waals surface area contributed by atoms with E-state index >= 15 is 0 Å². The van der Waals surface area contributed by atoms with Crippen molar-refractivity contribution in [1.29, 1.82) is 0 Å². The molecule has 2 heterocycles. The van der Waals surface area contributed by atoms with Gasteiger partial charge in [0.1, 0.15) is 12.2 Å². The van der Waals surface area contributed by atoms with Gasteiger partial charge in [0.25, 0.3) is 0 Å². The fourth-order valence-electron chi connectivity index (χ4n) is 1.26. The van der Waals surface area contributed by atoms with Crippen molar-refractivity contribution in [3.8, 4) is 0 Å². The highest BCUT2D eigenvalue weighted by Gasteiger charge is 2.48. The molecule has 0 amide bonds. The van der Waals surface area contributed by atoms with Crippen molar-refractivity contribution in [3.63, 3.8) is 0 Å². The molecule has 2 bridgehead atoms. The Hall–Kier alpha value is -0.490. The molecule has 0 aromatic heterocycles. The summed E-state index contributed by atoms with van der Waals surface area (Å²) in [7, 11) is 0. The van der Waals surface area contributed by atoms with Crippen molar-refractivity contribution in [1.82, 2.24) is 0 Å². The van der Waals surface area contributed by atoms with Crippen molar-refractivity contribution in [2.75, 3.05) is 6.61 Å². The maximum Gasteiger partial charge on any atom is 0.197 e. The maximum atomic E-state index is 10.9. The van der Waals surface area contributed by atoms with E-state index in [1.165, 1.54) is 0 Å². The SMILES string of the molecule is O=C1[C@H](O)[C@H]2OC[C@@H](O2)[C@H]1O. The molecule has 5 heteroatoms. The van der Waals surface area contributed by atoms with Gasteiger partial charge >= 0.3 is 0 Å². The first-order valence-electron chi connectivity index (χ1n) is 3.37. The molecule has 2 fully saturated rings. The molecule has 2 N–H and O–H groups in total. The second-order valence-electron chi connectivity index (χ2n) is 2.67. The molecule has 2 aliphatic heterocycles. The lowest BCUT2D eigenvalue weighted by Crippen LogP contribution is -2.50. The molecule has 4 atom stereocenters. The molecule has 0 radical (unpaired) electrons. The van der Waals surface area contributed by atoms with E-state index in [2.05, 4.69) is 0 Å². The van der Waals surface area contributed by atoms with Crippen LogP contribution < -0.4 is 0 Å². The highest BCUT2D eigenvalue weighted by atomic mass is 16.7. The van der Waals surface area contributed by atoms with Gasteiger partial charge in [-0.25, -0.2) is 0 Å². The third kappa shape index (κ3) is 0.893. The highest BCUT2D eigenvalue weighted by molar-refractivity contribution is 5.88. The average molecular weight is 160 g/mol. The zero-order valence-electron chi connectivity index (χ0n) is 5.64. The number of ketones is 1. The number of Topliss-reactive ketones (excluding diaryl/α,β-unsaturated/α-hetero) is 1. The van der Waals surface area contributed by atoms with E-state index < -0.39 is 30.4 Å². The van der Waals surface area contributed by atoms with Crippen LogP contribution in [0.2, 0.25) is 0 Å². The van der Waals surface area contributed by atoms with Crippen molar-refractivity contribution in [2.24, 2.45) is 0 Å². The van der Waals surface area contributed by atoms with Crippen LogP contribution in [0.25, 0.3) is 0 Å². The zero-order valence-corrected chi connectivity index (χ0v) is 5.64. The smallest absolute Gasteiger partial charge is 0.197 e. The Kier molecular flexibility index (Phi) is 1.47. The predicted octanol–water partition coefficient (Wildman–Crippen LogP) is -1.97. The third-order valence-electron chi connectivity index (χ3n) is 1.93. The summed E-state index contributed by atoms with van der Waals surface area (Å²) in [5.41, 5.74) is 0. The van der Waals surface area contributed by atoms with Crippen LogP contribution in [0.1, 0.15) is 0 Å². The van der Waals surface area contributed by atoms with Crippen molar-refractivity contribution < 1.29 is 24.5 Å². The first-order valence-corrected chi connectivity index (χ1v) is 3.37. The van der Waals surface area contributed by atoms with Crippen molar-refractivity contribution >= 4 is 5.78 Å². The summed E-state index contributed by atoms with van der Waals surface area (Å²) in [5, 5.41) is 18.2. The van der Waals surface area contributed by atoms with Crippen LogP contribution in [0.5, 0.6) is 0 Å². The predicted molar refractivity (Wildman–Crippen MR) is 31.6 cm³/mol. The number of hydrogen-bond donors (Lipinski definition) is 2. The fraction of sp³-hybridized carbons (Fsp3) is 0.833. The van der Waals surface area contributed by atoms with Crippen LogP contribution in [-0.2, 0) is 14.3 Å². The average Bonchev–Trinajstić information content (AvgIpc) is 2.44. The van der Waals surface area contributed by atoms with Gasteiger partial charge in [0.2, 0.25) is 0 Å². The van der Waals surface area contributed by atoms with Gasteiger partial charge in [0, 0.05) is 0 Å².